The molecule has 0 aromatic carbocycles. The second-order valence-corrected chi connectivity index (χ2v) is 2.76. The Labute approximate surface area is 87.3 Å². The van der Waals surface area contributed by atoms with Gasteiger partial charge in [-0.1, -0.05) is 25.5 Å². The Morgan fingerprint density at radius 3 is 1.45 bits per heavy atom. The molecule has 0 aliphatic rings. The van der Waals surface area contributed by atoms with E-state index in [1.54, 1.807) is 0 Å². The zero-order chi connectivity index (χ0) is 9.86. The molecule has 11 heavy (non-hydrogen) atoms. The van der Waals surface area contributed by atoms with Gasteiger partial charge in [-0.2, -0.15) is 5.92 Å². The van der Waals surface area contributed by atoms with Gasteiger partial charge in [0.15, 0.2) is 0 Å². The first kappa shape index (κ1) is 17.7. The summed E-state index contributed by atoms with van der Waals surface area (Å²) in [7, 11) is 0. The van der Waals surface area contributed by atoms with E-state index in [1.165, 1.54) is 5.57 Å². The third kappa shape index (κ3) is 109. The van der Waals surface area contributed by atoms with Crippen molar-refractivity contribution in [3.8, 4) is 0 Å². The molecular weight excluding hydrogens is 252 g/mol. The van der Waals surface area contributed by atoms with E-state index < -0.39 is 0 Å². The normalized spacial score (nSPS) is 7.09. The number of hydrogen-bond donors (Lipinski definition) is 0. The summed E-state index contributed by atoms with van der Waals surface area (Å²) in [6.45, 7) is 14.0. The van der Waals surface area contributed by atoms with Crippen LogP contribution in [0.1, 0.15) is 34.6 Å². The molecule has 0 saturated heterocycles. The van der Waals surface area contributed by atoms with Crippen molar-refractivity contribution in [2.45, 2.75) is 34.6 Å². The first-order valence-corrected chi connectivity index (χ1v) is 5.87. The van der Waals surface area contributed by atoms with Gasteiger partial charge in [-0.25, -0.2) is 0 Å². The van der Waals surface area contributed by atoms with E-state index in [0.717, 1.165) is 0 Å². The van der Waals surface area contributed by atoms with Crippen LogP contribution in [0.15, 0.2) is 11.6 Å². The monoisotopic (exact) mass is 269 g/mol. The zero-order valence-electron chi connectivity index (χ0n) is 8.04. The zero-order valence-corrected chi connectivity index (χ0v) is 10.6. The Bertz CT molecular complexity index is 70.9. The van der Waals surface area contributed by atoms with Crippen LogP contribution >= 0.6 is 14.1 Å². The van der Waals surface area contributed by atoms with Gasteiger partial charge in [0.25, 0.3) is 0 Å². The summed E-state index contributed by atoms with van der Waals surface area (Å²) in [6, 6.07) is 0. The van der Waals surface area contributed by atoms with E-state index in [1.807, 2.05) is 6.92 Å². The van der Waals surface area contributed by atoms with E-state index in [4.69, 9.17) is 0 Å². The van der Waals surface area contributed by atoms with Gasteiger partial charge in [0.2, 0.25) is 0 Å². The summed E-state index contributed by atoms with van der Waals surface area (Å²) < 4.78 is 0. The Balaban J connectivity index is -0.0000000965. The summed E-state index contributed by atoms with van der Waals surface area (Å²) in [5.41, 5.74) is 1.38. The summed E-state index contributed by atoms with van der Waals surface area (Å²) in [6.07, 6.45) is 2.08. The Kier molecular flexibility index (Phi) is 27.4. The van der Waals surface area contributed by atoms with Crippen molar-refractivity contribution in [1.29, 1.82) is 0 Å². The van der Waals surface area contributed by atoms with Crippen LogP contribution in [-0.2, 0) is 14.2 Å². The third-order valence-corrected chi connectivity index (χ3v) is 0.577. The summed E-state index contributed by atoms with van der Waals surface area (Å²) >= 11 is 6.50. The fourth-order valence-electron chi connectivity index (χ4n) is 0. The van der Waals surface area contributed by atoms with Crippen LogP contribution in [0.4, 0.5) is 0 Å². The van der Waals surface area contributed by atoms with Crippen molar-refractivity contribution in [2.75, 3.05) is 0 Å². The molecule has 0 unspecified atom stereocenters. The van der Waals surface area contributed by atoms with Gasteiger partial charge in [0.05, 0.1) is 0 Å². The molecule has 0 rings (SSSR count). The van der Waals surface area contributed by atoms with Crippen molar-refractivity contribution >= 4 is 14.1 Å². The average molecular weight is 271 g/mol. The Morgan fingerprint density at radius 2 is 1.45 bits per heavy atom. The molecular formula is C9H19BrCu. The maximum absolute atomic E-state index is 4.00. The summed E-state index contributed by atoms with van der Waals surface area (Å²) in [5.74, 6) is 0.583. The summed E-state index contributed by atoms with van der Waals surface area (Å²) in [5, 5.41) is 0. The standard InChI is InChI=1S/C5H10.C4H9.BrH.Cu/c1-4-5(2)3;1-4(2)3;;/h4H,1-3H3;4H,1H2,2-3H3;1H;/q;-1;;+2/p-1. The van der Waals surface area contributed by atoms with Crippen molar-refractivity contribution in [2.24, 2.45) is 5.92 Å². The van der Waals surface area contributed by atoms with Crippen LogP contribution in [-0.4, -0.2) is 0 Å². The van der Waals surface area contributed by atoms with Crippen molar-refractivity contribution in [1.82, 2.24) is 0 Å². The molecule has 0 bridgehead atoms. The molecule has 0 aromatic rings. The van der Waals surface area contributed by atoms with Crippen LogP contribution < -0.4 is 0 Å². The van der Waals surface area contributed by atoms with Gasteiger partial charge in [0.1, 0.15) is 0 Å². The fraction of sp³-hybridized carbons (Fsp3) is 0.667. The van der Waals surface area contributed by atoms with Crippen molar-refractivity contribution < 1.29 is 14.2 Å². The number of allylic oxidation sites excluding steroid dienone is 2. The van der Waals surface area contributed by atoms with Gasteiger partial charge in [-0.15, -0.1) is 0 Å². The minimum absolute atomic E-state index is 0.583. The molecule has 73 valence electrons. The van der Waals surface area contributed by atoms with E-state index in [9.17, 15) is 0 Å². The first-order chi connectivity index (χ1) is 5.00. The Morgan fingerprint density at radius 1 is 1.36 bits per heavy atom. The fourth-order valence-corrected chi connectivity index (χ4v) is 0. The van der Waals surface area contributed by atoms with Gasteiger partial charge >= 0.3 is 28.3 Å². The van der Waals surface area contributed by atoms with Gasteiger partial charge in [-0.3, -0.25) is 0 Å². The average Bonchev–Trinajstić information content (AvgIpc) is 1.91. The predicted molar refractivity (Wildman–Crippen MR) is 54.2 cm³/mol. The van der Waals surface area contributed by atoms with Crippen LogP contribution in [0.3, 0.4) is 0 Å². The van der Waals surface area contributed by atoms with Gasteiger partial charge in [0, 0.05) is 0 Å². The second-order valence-electron chi connectivity index (χ2n) is 2.76. The van der Waals surface area contributed by atoms with Crippen molar-refractivity contribution in [3.63, 3.8) is 0 Å². The van der Waals surface area contributed by atoms with Crippen molar-refractivity contribution in [3.05, 3.63) is 18.6 Å². The van der Waals surface area contributed by atoms with Crippen LogP contribution in [0, 0.1) is 12.8 Å². The molecule has 0 atom stereocenters. The summed E-state index contributed by atoms with van der Waals surface area (Å²) in [4.78, 5) is 0. The quantitative estimate of drug-likeness (QED) is 0.350. The number of hydrogen-bond acceptors (Lipinski definition) is 0. The molecule has 0 fully saturated rings. The molecule has 0 amide bonds. The predicted octanol–water partition coefficient (Wildman–Crippen LogP) is 4.29. The Hall–Kier alpha value is 0.739. The topological polar surface area (TPSA) is 0 Å². The maximum atomic E-state index is 4.00. The van der Waals surface area contributed by atoms with Gasteiger partial charge < -0.3 is 6.92 Å². The van der Waals surface area contributed by atoms with E-state index in [-0.39, 0.29) is 0 Å². The van der Waals surface area contributed by atoms with Crippen LogP contribution in [0.25, 0.3) is 0 Å². The molecule has 0 heterocycles. The molecule has 0 aromatic heterocycles. The molecule has 0 N–H and O–H groups in total. The minimum atomic E-state index is 0.583. The molecule has 0 radical (unpaired) electrons. The molecule has 2 heteroatoms. The van der Waals surface area contributed by atoms with E-state index >= 15 is 0 Å². The third-order valence-electron chi connectivity index (χ3n) is 0.577. The molecule has 0 aliphatic heterocycles. The second kappa shape index (κ2) is 17.0. The molecule has 0 nitrogen and oxygen atoms in total. The first-order valence-electron chi connectivity index (χ1n) is 3.54. The van der Waals surface area contributed by atoms with Gasteiger partial charge in [-0.05, 0) is 20.8 Å². The van der Waals surface area contributed by atoms with E-state index in [2.05, 4.69) is 69.0 Å². The molecule has 0 aliphatic carbocycles. The van der Waals surface area contributed by atoms with Crippen LogP contribution in [0.5, 0.6) is 0 Å². The SMILES string of the molecule is CC=C(C)C.[CH2-]C(C)C.[Cu+][Br]. The molecule has 0 saturated carbocycles. The van der Waals surface area contributed by atoms with Crippen LogP contribution in [0.2, 0.25) is 0 Å². The molecule has 0 spiro atoms. The number of rotatable bonds is 0. The van der Waals surface area contributed by atoms with E-state index in [0.29, 0.717) is 5.92 Å². The number of halogens is 1.